The summed E-state index contributed by atoms with van der Waals surface area (Å²) >= 11 is 0. The second-order valence-electron chi connectivity index (χ2n) is 6.85. The van der Waals surface area contributed by atoms with Crippen molar-refractivity contribution >= 4 is 17.7 Å². The summed E-state index contributed by atoms with van der Waals surface area (Å²) in [5, 5.41) is 14.6. The third-order valence-electron chi connectivity index (χ3n) is 4.51. The summed E-state index contributed by atoms with van der Waals surface area (Å²) in [6.07, 6.45) is 2.14. The fourth-order valence-electron chi connectivity index (χ4n) is 3.03. The molecule has 0 spiro atoms. The summed E-state index contributed by atoms with van der Waals surface area (Å²) < 4.78 is 0. The minimum atomic E-state index is -0.567. The molecule has 0 bridgehead atoms. The van der Waals surface area contributed by atoms with E-state index in [4.69, 9.17) is 5.26 Å². The van der Waals surface area contributed by atoms with E-state index in [1.807, 2.05) is 78.7 Å². The van der Waals surface area contributed by atoms with E-state index in [0.29, 0.717) is 24.7 Å². The van der Waals surface area contributed by atoms with Crippen LogP contribution in [0.1, 0.15) is 11.1 Å². The van der Waals surface area contributed by atoms with Crippen LogP contribution in [0.15, 0.2) is 72.9 Å². The Labute approximate surface area is 176 Å². The third kappa shape index (κ3) is 6.04. The van der Waals surface area contributed by atoms with Crippen molar-refractivity contribution in [2.75, 3.05) is 23.8 Å². The highest BCUT2D eigenvalue weighted by atomic mass is 16.2. The van der Waals surface area contributed by atoms with Gasteiger partial charge in [-0.1, -0.05) is 60.7 Å². The van der Waals surface area contributed by atoms with Gasteiger partial charge in [-0.25, -0.2) is 4.98 Å². The Kier molecular flexibility index (Phi) is 7.34. The highest BCUT2D eigenvalue weighted by molar-refractivity contribution is 5.84. The first-order valence-corrected chi connectivity index (χ1v) is 9.69. The maximum atomic E-state index is 12.6. The number of carbonyl (C=O) groups excluding carboxylic acids is 1. The van der Waals surface area contributed by atoms with E-state index in [1.54, 1.807) is 12.3 Å². The van der Waals surface area contributed by atoms with Gasteiger partial charge in [-0.3, -0.25) is 4.79 Å². The molecule has 2 aromatic carbocycles. The highest BCUT2D eigenvalue weighted by Gasteiger charge is 2.19. The van der Waals surface area contributed by atoms with Crippen LogP contribution >= 0.6 is 0 Å². The van der Waals surface area contributed by atoms with Crippen molar-refractivity contribution in [2.24, 2.45) is 0 Å². The van der Waals surface area contributed by atoms with Gasteiger partial charge in [0.1, 0.15) is 18.4 Å². The number of aromatic nitrogens is 2. The lowest BCUT2D eigenvalue weighted by molar-refractivity contribution is -0.121. The van der Waals surface area contributed by atoms with Crippen molar-refractivity contribution in [2.45, 2.75) is 19.0 Å². The van der Waals surface area contributed by atoms with Crippen LogP contribution in [-0.2, 0) is 17.8 Å². The second kappa shape index (κ2) is 10.6. The van der Waals surface area contributed by atoms with Gasteiger partial charge in [-0.15, -0.1) is 0 Å². The fourth-order valence-corrected chi connectivity index (χ4v) is 3.03. The molecule has 1 heterocycles. The molecule has 2 N–H and O–H groups in total. The number of anilines is 2. The molecule has 0 aliphatic carbocycles. The summed E-state index contributed by atoms with van der Waals surface area (Å²) in [6.45, 7) is 0.626. The van der Waals surface area contributed by atoms with E-state index in [-0.39, 0.29) is 12.5 Å². The van der Waals surface area contributed by atoms with Crippen LogP contribution in [-0.4, -0.2) is 35.5 Å². The zero-order valence-corrected chi connectivity index (χ0v) is 16.8. The second-order valence-corrected chi connectivity index (χ2v) is 6.85. The first kappa shape index (κ1) is 20.8. The summed E-state index contributed by atoms with van der Waals surface area (Å²) in [4.78, 5) is 23.5. The van der Waals surface area contributed by atoms with Crippen molar-refractivity contribution in [3.63, 3.8) is 0 Å². The number of nitrogens with one attached hydrogen (secondary N) is 2. The lowest BCUT2D eigenvalue weighted by Crippen LogP contribution is -2.41. The average molecular weight is 400 g/mol. The van der Waals surface area contributed by atoms with Crippen LogP contribution in [0.3, 0.4) is 0 Å². The normalized spacial score (nSPS) is 11.2. The molecule has 7 nitrogen and oxygen atoms in total. The van der Waals surface area contributed by atoms with Crippen LogP contribution in [0.5, 0.6) is 0 Å². The molecular weight excluding hydrogens is 376 g/mol. The Morgan fingerprint density at radius 3 is 2.40 bits per heavy atom. The summed E-state index contributed by atoms with van der Waals surface area (Å²) in [5.41, 5.74) is 2.16. The van der Waals surface area contributed by atoms with Crippen LogP contribution in [0.25, 0.3) is 0 Å². The van der Waals surface area contributed by atoms with Crippen molar-refractivity contribution in [1.29, 1.82) is 5.26 Å². The van der Waals surface area contributed by atoms with E-state index >= 15 is 0 Å². The number of rotatable bonds is 9. The number of hydrogen-bond acceptors (Lipinski definition) is 6. The number of hydrogen-bond donors (Lipinski definition) is 2. The standard InChI is InChI=1S/C23H24N6O/c1-29(17-19-10-6-3-7-11-19)23-26-14-12-21(28-23)27-20(22(30)25-15-13-24)16-18-8-4-2-5-9-18/h2-12,14,20H,15-17H2,1H3,(H,25,30)(H,26,27,28)/t20-/m0/s1. The average Bonchev–Trinajstić information content (AvgIpc) is 2.78. The maximum Gasteiger partial charge on any atom is 0.243 e. The predicted molar refractivity (Wildman–Crippen MR) is 117 cm³/mol. The molecule has 3 aromatic rings. The van der Waals surface area contributed by atoms with Gasteiger partial charge in [0.05, 0.1) is 6.07 Å². The quantitative estimate of drug-likeness (QED) is 0.537. The third-order valence-corrected chi connectivity index (χ3v) is 4.51. The molecule has 7 heteroatoms. The lowest BCUT2D eigenvalue weighted by atomic mass is 10.1. The van der Waals surface area contributed by atoms with Crippen molar-refractivity contribution < 1.29 is 4.79 Å². The van der Waals surface area contributed by atoms with Crippen molar-refractivity contribution in [3.05, 3.63) is 84.1 Å². The topological polar surface area (TPSA) is 93.9 Å². The minimum Gasteiger partial charge on any atom is -0.358 e. The Morgan fingerprint density at radius 2 is 1.73 bits per heavy atom. The highest BCUT2D eigenvalue weighted by Crippen LogP contribution is 2.15. The largest absolute Gasteiger partial charge is 0.358 e. The van der Waals surface area contributed by atoms with Gasteiger partial charge in [0.2, 0.25) is 11.9 Å². The van der Waals surface area contributed by atoms with E-state index in [9.17, 15) is 4.79 Å². The van der Waals surface area contributed by atoms with Crippen LogP contribution in [0.2, 0.25) is 0 Å². The molecule has 0 aliphatic heterocycles. The molecule has 0 saturated heterocycles. The van der Waals surface area contributed by atoms with Crippen molar-refractivity contribution in [1.82, 2.24) is 15.3 Å². The van der Waals surface area contributed by atoms with Crippen LogP contribution in [0, 0.1) is 11.3 Å². The molecular formula is C23H24N6O. The van der Waals surface area contributed by atoms with Gasteiger partial charge in [-0.2, -0.15) is 10.2 Å². The molecule has 1 amide bonds. The fraction of sp³-hybridized carbons (Fsp3) is 0.217. The molecule has 0 radical (unpaired) electrons. The molecule has 1 atom stereocenters. The number of nitrogens with zero attached hydrogens (tertiary/aromatic N) is 4. The molecule has 152 valence electrons. The van der Waals surface area contributed by atoms with Gasteiger partial charge in [-0.05, 0) is 17.2 Å². The number of carbonyl (C=O) groups is 1. The summed E-state index contributed by atoms with van der Waals surface area (Å²) in [7, 11) is 1.92. The zero-order chi connectivity index (χ0) is 21.2. The Morgan fingerprint density at radius 1 is 1.07 bits per heavy atom. The van der Waals surface area contributed by atoms with E-state index in [0.717, 1.165) is 11.1 Å². The van der Waals surface area contributed by atoms with Gasteiger partial charge in [0.25, 0.3) is 0 Å². The van der Waals surface area contributed by atoms with Crippen LogP contribution < -0.4 is 15.5 Å². The molecule has 0 unspecified atom stereocenters. The number of nitriles is 1. The summed E-state index contributed by atoms with van der Waals surface area (Å²) in [5.74, 6) is 0.853. The van der Waals surface area contributed by atoms with Crippen molar-refractivity contribution in [3.8, 4) is 6.07 Å². The first-order chi connectivity index (χ1) is 14.7. The first-order valence-electron chi connectivity index (χ1n) is 9.69. The molecule has 3 rings (SSSR count). The van der Waals surface area contributed by atoms with Gasteiger partial charge in [0.15, 0.2) is 0 Å². The van der Waals surface area contributed by atoms with E-state index < -0.39 is 6.04 Å². The molecule has 0 fully saturated rings. The van der Waals surface area contributed by atoms with Gasteiger partial charge >= 0.3 is 0 Å². The lowest BCUT2D eigenvalue weighted by Gasteiger charge is -2.21. The Balaban J connectivity index is 1.74. The SMILES string of the molecule is CN(Cc1ccccc1)c1nccc(N[C@@H](Cc2ccccc2)C(=O)NCC#N)n1. The monoisotopic (exact) mass is 400 g/mol. The predicted octanol–water partition coefficient (Wildman–Crippen LogP) is 2.78. The Hall–Kier alpha value is -3.92. The molecule has 0 aliphatic rings. The molecule has 1 aromatic heterocycles. The summed E-state index contributed by atoms with van der Waals surface area (Å²) in [6, 6.07) is 22.9. The van der Waals surface area contributed by atoms with E-state index in [2.05, 4.69) is 20.6 Å². The Bertz CT molecular complexity index is 987. The smallest absolute Gasteiger partial charge is 0.243 e. The minimum absolute atomic E-state index is 0.0410. The van der Waals surface area contributed by atoms with Gasteiger partial charge in [0, 0.05) is 26.2 Å². The van der Waals surface area contributed by atoms with Gasteiger partial charge < -0.3 is 15.5 Å². The number of benzene rings is 2. The zero-order valence-electron chi connectivity index (χ0n) is 16.8. The van der Waals surface area contributed by atoms with Crippen LogP contribution in [0.4, 0.5) is 11.8 Å². The molecule has 0 saturated carbocycles. The maximum absolute atomic E-state index is 12.6. The van der Waals surface area contributed by atoms with E-state index in [1.165, 1.54) is 0 Å². The number of amides is 1. The molecule has 30 heavy (non-hydrogen) atoms.